The molecule has 0 radical (unpaired) electrons. The van der Waals surface area contributed by atoms with E-state index < -0.39 is 23.9 Å². The van der Waals surface area contributed by atoms with Gasteiger partial charge in [-0.1, -0.05) is 18.2 Å². The van der Waals surface area contributed by atoms with Gasteiger partial charge in [-0.3, -0.25) is 4.79 Å². The first-order valence-corrected chi connectivity index (χ1v) is 9.72. The minimum Gasteiger partial charge on any atom is -0.466 e. The number of carbonyl (C=O) groups is 1. The molecule has 0 atom stereocenters. The molecule has 1 aliphatic heterocycles. The van der Waals surface area contributed by atoms with E-state index in [9.17, 15) is 9.59 Å². The Morgan fingerprint density at radius 3 is 2.29 bits per heavy atom. The highest BCUT2D eigenvalue weighted by atomic mass is 16.7. The molecule has 1 aromatic heterocycles. The fourth-order valence-electron chi connectivity index (χ4n) is 3.30. The van der Waals surface area contributed by atoms with Crippen molar-refractivity contribution in [2.24, 2.45) is 0 Å². The monoisotopic (exact) mass is 386 g/mol. The fraction of sp³-hybridized carbons (Fsp3) is 0.524. The number of fused-ring (bicyclic) bond motifs is 1. The van der Waals surface area contributed by atoms with E-state index in [4.69, 9.17) is 18.5 Å². The van der Waals surface area contributed by atoms with E-state index in [1.807, 2.05) is 39.8 Å². The highest BCUT2D eigenvalue weighted by Gasteiger charge is 2.53. The van der Waals surface area contributed by atoms with E-state index in [-0.39, 0.29) is 12.4 Å². The van der Waals surface area contributed by atoms with Crippen LogP contribution in [0.3, 0.4) is 0 Å². The average molecular weight is 386 g/mol. The van der Waals surface area contributed by atoms with Gasteiger partial charge in [0.2, 0.25) is 0 Å². The molecule has 0 aliphatic carbocycles. The van der Waals surface area contributed by atoms with Crippen LogP contribution in [0.4, 0.5) is 0 Å². The maximum absolute atomic E-state index is 12.5. The molecule has 6 nitrogen and oxygen atoms in total. The molecule has 0 saturated carbocycles. The maximum Gasteiger partial charge on any atom is 0.498 e. The molecule has 0 bridgehead atoms. The van der Waals surface area contributed by atoms with Gasteiger partial charge in [0.1, 0.15) is 5.76 Å². The van der Waals surface area contributed by atoms with Gasteiger partial charge in [-0.15, -0.1) is 0 Å². The van der Waals surface area contributed by atoms with Gasteiger partial charge >= 0.3 is 18.7 Å². The van der Waals surface area contributed by atoms with Crippen LogP contribution in [0.15, 0.2) is 33.5 Å². The molecule has 2 heterocycles. The number of hydrogen-bond acceptors (Lipinski definition) is 6. The molecule has 150 valence electrons. The van der Waals surface area contributed by atoms with Gasteiger partial charge in [-0.05, 0) is 52.5 Å². The number of esters is 1. The normalized spacial score (nSPS) is 17.8. The number of aryl methyl sites for hydroxylation is 1. The number of ether oxygens (including phenoxy) is 1. The van der Waals surface area contributed by atoms with Gasteiger partial charge in [0, 0.05) is 18.3 Å². The summed E-state index contributed by atoms with van der Waals surface area (Å²) in [5.74, 6) is 0.231. The van der Waals surface area contributed by atoms with Crippen LogP contribution in [0.5, 0.6) is 0 Å². The molecule has 3 rings (SSSR count). The van der Waals surface area contributed by atoms with Crippen molar-refractivity contribution in [3.8, 4) is 0 Å². The lowest BCUT2D eigenvalue weighted by Gasteiger charge is -2.32. The van der Waals surface area contributed by atoms with E-state index in [1.54, 1.807) is 19.1 Å². The Kier molecular flexibility index (Phi) is 5.68. The van der Waals surface area contributed by atoms with Crippen molar-refractivity contribution in [3.63, 3.8) is 0 Å². The third-order valence-corrected chi connectivity index (χ3v) is 5.53. The van der Waals surface area contributed by atoms with Gasteiger partial charge < -0.3 is 18.5 Å². The highest BCUT2D eigenvalue weighted by Crippen LogP contribution is 2.37. The Morgan fingerprint density at radius 2 is 1.68 bits per heavy atom. The van der Waals surface area contributed by atoms with Crippen LogP contribution in [-0.4, -0.2) is 30.9 Å². The largest absolute Gasteiger partial charge is 0.498 e. The van der Waals surface area contributed by atoms with Crippen LogP contribution >= 0.6 is 0 Å². The summed E-state index contributed by atoms with van der Waals surface area (Å²) in [6.45, 7) is 10.0. The minimum absolute atomic E-state index is 0.257. The molecule has 1 fully saturated rings. The Balaban J connectivity index is 2.00. The topological polar surface area (TPSA) is 75.0 Å². The predicted octanol–water partition coefficient (Wildman–Crippen LogP) is 2.98. The molecule has 2 aromatic rings. The molecule has 0 unspecified atom stereocenters. The lowest BCUT2D eigenvalue weighted by atomic mass is 9.74. The van der Waals surface area contributed by atoms with Gasteiger partial charge in [0.25, 0.3) is 0 Å². The van der Waals surface area contributed by atoms with Crippen LogP contribution in [0.1, 0.15) is 53.2 Å². The number of carbonyl (C=O) groups excluding carboxylic acids is 1. The van der Waals surface area contributed by atoms with E-state index in [0.29, 0.717) is 30.6 Å². The summed E-state index contributed by atoms with van der Waals surface area (Å²) in [5.41, 5.74) is -0.714. The Bertz CT molecular complexity index is 914. The van der Waals surface area contributed by atoms with Gasteiger partial charge in [-0.25, -0.2) is 4.79 Å². The second-order valence-electron chi connectivity index (χ2n) is 8.02. The molecular formula is C21H27BO6. The fourth-order valence-corrected chi connectivity index (χ4v) is 3.30. The summed E-state index contributed by atoms with van der Waals surface area (Å²) in [5, 5.41) is 1.24. The molecule has 0 amide bonds. The second-order valence-corrected chi connectivity index (χ2v) is 8.02. The Morgan fingerprint density at radius 1 is 1.07 bits per heavy atom. The molecular weight excluding hydrogens is 359 g/mol. The standard InChI is InChI=1S/C21H27BO6/c1-6-25-17(23)13-9-12-16-18(22-27-20(2,3)21(4,5)28-22)14-10-7-8-11-15(14)19(24)26-16/h7-8,10-11H,6,9,12-13H2,1-5H3. The zero-order valence-electron chi connectivity index (χ0n) is 17.2. The van der Waals surface area contributed by atoms with Crippen molar-refractivity contribution >= 4 is 29.3 Å². The van der Waals surface area contributed by atoms with Crippen molar-refractivity contribution in [2.75, 3.05) is 6.61 Å². The van der Waals surface area contributed by atoms with Crippen LogP contribution in [0, 0.1) is 0 Å². The lowest BCUT2D eigenvalue weighted by Crippen LogP contribution is -2.41. The molecule has 1 saturated heterocycles. The molecule has 0 spiro atoms. The summed E-state index contributed by atoms with van der Waals surface area (Å²) < 4.78 is 23.1. The van der Waals surface area contributed by atoms with E-state index in [2.05, 4.69) is 0 Å². The van der Waals surface area contributed by atoms with Crippen LogP contribution < -0.4 is 11.1 Å². The van der Waals surface area contributed by atoms with Crippen molar-refractivity contribution in [2.45, 2.75) is 65.1 Å². The highest BCUT2D eigenvalue weighted by molar-refractivity contribution is 6.65. The summed E-state index contributed by atoms with van der Waals surface area (Å²) >= 11 is 0. The SMILES string of the molecule is CCOC(=O)CCCc1oc(=O)c2ccccc2c1B1OC(C)(C)C(C)(C)O1. The van der Waals surface area contributed by atoms with Crippen molar-refractivity contribution in [1.29, 1.82) is 0 Å². The Hall–Kier alpha value is -2.12. The maximum atomic E-state index is 12.5. The summed E-state index contributed by atoms with van der Waals surface area (Å²) in [7, 11) is -0.656. The number of hydrogen-bond donors (Lipinski definition) is 0. The molecule has 7 heteroatoms. The predicted molar refractivity (Wildman–Crippen MR) is 108 cm³/mol. The van der Waals surface area contributed by atoms with Crippen LogP contribution in [0.25, 0.3) is 10.8 Å². The number of benzene rings is 1. The third kappa shape index (κ3) is 3.87. The van der Waals surface area contributed by atoms with E-state index in [0.717, 1.165) is 10.8 Å². The summed E-state index contributed by atoms with van der Waals surface area (Å²) in [6.07, 6.45) is 1.18. The first-order valence-electron chi connectivity index (χ1n) is 9.72. The van der Waals surface area contributed by atoms with Gasteiger partial charge in [0.15, 0.2) is 0 Å². The third-order valence-electron chi connectivity index (χ3n) is 5.53. The quantitative estimate of drug-likeness (QED) is 0.561. The summed E-state index contributed by atoms with van der Waals surface area (Å²) in [6, 6.07) is 7.28. The summed E-state index contributed by atoms with van der Waals surface area (Å²) in [4.78, 5) is 24.1. The first kappa shape index (κ1) is 20.6. The van der Waals surface area contributed by atoms with Crippen LogP contribution in [0.2, 0.25) is 0 Å². The zero-order chi connectivity index (χ0) is 20.5. The zero-order valence-corrected chi connectivity index (χ0v) is 17.2. The van der Waals surface area contributed by atoms with Crippen molar-refractivity contribution in [1.82, 2.24) is 0 Å². The van der Waals surface area contributed by atoms with Gasteiger partial charge in [-0.2, -0.15) is 0 Å². The Labute approximate surface area is 165 Å². The van der Waals surface area contributed by atoms with E-state index >= 15 is 0 Å². The average Bonchev–Trinajstić information content (AvgIpc) is 2.82. The molecule has 1 aromatic carbocycles. The molecule has 28 heavy (non-hydrogen) atoms. The number of rotatable bonds is 6. The van der Waals surface area contributed by atoms with E-state index in [1.165, 1.54) is 0 Å². The van der Waals surface area contributed by atoms with Crippen molar-refractivity contribution < 1.29 is 23.3 Å². The first-order chi connectivity index (χ1) is 13.2. The molecule has 0 N–H and O–H groups in total. The smallest absolute Gasteiger partial charge is 0.466 e. The van der Waals surface area contributed by atoms with Gasteiger partial charge in [0.05, 0.1) is 23.2 Å². The molecule has 1 aliphatic rings. The lowest BCUT2D eigenvalue weighted by molar-refractivity contribution is -0.143. The second kappa shape index (κ2) is 7.72. The van der Waals surface area contributed by atoms with Crippen LogP contribution in [-0.2, 0) is 25.3 Å². The van der Waals surface area contributed by atoms with Crippen molar-refractivity contribution in [3.05, 3.63) is 40.4 Å². The minimum atomic E-state index is -0.656.